The molecule has 0 aliphatic rings. The van der Waals surface area contributed by atoms with E-state index in [4.69, 9.17) is 4.74 Å². The molecule has 268 valence electrons. The van der Waals surface area contributed by atoms with Crippen LogP contribution in [-0.2, 0) is 4.74 Å². The Hall–Kier alpha value is -0.680. The fourth-order valence-electron chi connectivity index (χ4n) is 6.46. The zero-order valence-electron chi connectivity index (χ0n) is 30.5. The van der Waals surface area contributed by atoms with Gasteiger partial charge in [-0.2, -0.15) is 0 Å². The van der Waals surface area contributed by atoms with Gasteiger partial charge in [-0.3, -0.25) is 0 Å². The third-order valence-corrected chi connectivity index (χ3v) is 9.48. The minimum absolute atomic E-state index is 0.0549. The Morgan fingerprint density at radius 2 is 0.778 bits per heavy atom. The lowest BCUT2D eigenvalue weighted by Crippen LogP contribution is -2.47. The van der Waals surface area contributed by atoms with Gasteiger partial charge in [-0.15, -0.1) is 0 Å². The molecule has 0 radical (unpaired) electrons. The van der Waals surface area contributed by atoms with Crippen LogP contribution in [0.5, 0.6) is 0 Å². The molecule has 0 aromatic carbocycles. The lowest BCUT2D eigenvalue weighted by Gasteiger charge is -2.38. The number of unbranched alkanes of at least 4 members (excludes halogenated alkanes) is 24. The van der Waals surface area contributed by atoms with Crippen molar-refractivity contribution in [3.05, 3.63) is 24.3 Å². The topological polar surface area (TPSA) is 69.9 Å². The number of hydrogen-bond acceptors (Lipinski definition) is 4. The molecule has 45 heavy (non-hydrogen) atoms. The van der Waals surface area contributed by atoms with Gasteiger partial charge >= 0.3 is 0 Å². The lowest BCUT2D eigenvalue weighted by molar-refractivity contribution is -0.152. The van der Waals surface area contributed by atoms with Crippen molar-refractivity contribution >= 4 is 0 Å². The van der Waals surface area contributed by atoms with Crippen molar-refractivity contribution in [2.45, 2.75) is 218 Å². The Morgan fingerprint density at radius 3 is 1.09 bits per heavy atom. The summed E-state index contributed by atoms with van der Waals surface area (Å²) in [5.41, 5.74) is -0.737. The summed E-state index contributed by atoms with van der Waals surface area (Å²) in [6, 6.07) is 0. The molecule has 0 heterocycles. The predicted molar refractivity (Wildman–Crippen MR) is 197 cm³/mol. The van der Waals surface area contributed by atoms with Crippen LogP contribution >= 0.6 is 0 Å². The van der Waals surface area contributed by atoms with E-state index in [1.54, 1.807) is 0 Å². The zero-order valence-corrected chi connectivity index (χ0v) is 30.5. The molecule has 0 bridgehead atoms. The standard InChI is InChI=1S/C41H80O4/c1-3-5-7-9-11-13-15-17-19-21-23-25-27-29-31-33-35-41(40(44)39-43,45-38-37-42)36-34-32-30-28-26-24-22-20-18-16-14-12-10-8-6-4-2/h17-20,40,42-44H,3-16,21-39H2,1-2H3/b19-17-,20-18-. The SMILES string of the molecule is CCCCCCCC/C=C\CCCCCCCCC(CCCCCCCC/C=C\CCCCCCCC)(OCCO)C(O)CO. The van der Waals surface area contributed by atoms with E-state index in [-0.39, 0.29) is 19.8 Å². The first-order valence-electron chi connectivity index (χ1n) is 20.0. The van der Waals surface area contributed by atoms with Gasteiger partial charge in [-0.05, 0) is 64.2 Å². The van der Waals surface area contributed by atoms with Gasteiger partial charge in [0.25, 0.3) is 0 Å². The van der Waals surface area contributed by atoms with E-state index < -0.39 is 11.7 Å². The second-order valence-corrected chi connectivity index (χ2v) is 13.7. The van der Waals surface area contributed by atoms with Crippen LogP contribution in [-0.4, -0.2) is 46.8 Å². The number of rotatable bonds is 37. The van der Waals surface area contributed by atoms with Gasteiger partial charge < -0.3 is 20.1 Å². The van der Waals surface area contributed by atoms with E-state index in [1.165, 1.54) is 154 Å². The lowest BCUT2D eigenvalue weighted by atomic mass is 9.84. The van der Waals surface area contributed by atoms with Gasteiger partial charge in [0, 0.05) is 0 Å². The number of aliphatic hydroxyl groups excluding tert-OH is 3. The minimum Gasteiger partial charge on any atom is -0.394 e. The second kappa shape index (κ2) is 36.2. The predicted octanol–water partition coefficient (Wildman–Crippen LogP) is 11.9. The van der Waals surface area contributed by atoms with Crippen molar-refractivity contribution < 1.29 is 20.1 Å². The molecular weight excluding hydrogens is 556 g/mol. The first-order valence-corrected chi connectivity index (χ1v) is 20.0. The monoisotopic (exact) mass is 637 g/mol. The van der Waals surface area contributed by atoms with Crippen molar-refractivity contribution in [1.29, 1.82) is 0 Å². The van der Waals surface area contributed by atoms with E-state index >= 15 is 0 Å². The molecule has 1 atom stereocenters. The molecule has 4 heteroatoms. The molecule has 4 nitrogen and oxygen atoms in total. The summed E-state index contributed by atoms with van der Waals surface area (Å²) in [5.74, 6) is 0. The van der Waals surface area contributed by atoms with Crippen LogP contribution in [0.25, 0.3) is 0 Å². The Labute approximate surface area is 281 Å². The highest BCUT2D eigenvalue weighted by atomic mass is 16.5. The quantitative estimate of drug-likeness (QED) is 0.0469. The third-order valence-electron chi connectivity index (χ3n) is 9.48. The minimum atomic E-state index is -0.893. The highest BCUT2D eigenvalue weighted by Crippen LogP contribution is 2.31. The first kappa shape index (κ1) is 44.3. The highest BCUT2D eigenvalue weighted by molar-refractivity contribution is 4.89. The summed E-state index contributed by atoms with van der Waals surface area (Å²) in [4.78, 5) is 0. The fraction of sp³-hybridized carbons (Fsp3) is 0.902. The van der Waals surface area contributed by atoms with Gasteiger partial charge in [-0.25, -0.2) is 0 Å². The summed E-state index contributed by atoms with van der Waals surface area (Å²) in [5, 5.41) is 30.0. The second-order valence-electron chi connectivity index (χ2n) is 13.7. The van der Waals surface area contributed by atoms with Crippen molar-refractivity contribution in [1.82, 2.24) is 0 Å². The molecule has 0 saturated heterocycles. The fourth-order valence-corrected chi connectivity index (χ4v) is 6.46. The summed E-state index contributed by atoms with van der Waals surface area (Å²) in [6.45, 7) is 4.42. The van der Waals surface area contributed by atoms with Crippen molar-refractivity contribution in [2.24, 2.45) is 0 Å². The van der Waals surface area contributed by atoms with Crippen molar-refractivity contribution in [2.75, 3.05) is 19.8 Å². The summed E-state index contributed by atoms with van der Waals surface area (Å²) < 4.78 is 6.10. The Bertz CT molecular complexity index is 575. The molecule has 0 saturated carbocycles. The number of aliphatic hydroxyl groups is 3. The molecule has 0 spiro atoms. The average molecular weight is 637 g/mol. The van der Waals surface area contributed by atoms with Crippen LogP contribution in [0.3, 0.4) is 0 Å². The molecule has 3 N–H and O–H groups in total. The molecule has 0 aromatic heterocycles. The van der Waals surface area contributed by atoms with Crippen LogP contribution in [0.15, 0.2) is 24.3 Å². The maximum absolute atomic E-state index is 10.8. The summed E-state index contributed by atoms with van der Waals surface area (Å²) >= 11 is 0. The smallest absolute Gasteiger partial charge is 0.106 e. The van der Waals surface area contributed by atoms with Gasteiger partial charge in [0.1, 0.15) is 6.10 Å². The largest absolute Gasteiger partial charge is 0.394 e. The summed E-state index contributed by atoms with van der Waals surface area (Å²) in [6.07, 6.45) is 45.8. The van der Waals surface area contributed by atoms with E-state index in [2.05, 4.69) is 38.2 Å². The number of hydrogen-bond donors (Lipinski definition) is 3. The highest BCUT2D eigenvalue weighted by Gasteiger charge is 2.37. The van der Waals surface area contributed by atoms with E-state index in [9.17, 15) is 15.3 Å². The first-order chi connectivity index (χ1) is 22.2. The average Bonchev–Trinajstić information content (AvgIpc) is 3.06. The Morgan fingerprint density at radius 1 is 0.467 bits per heavy atom. The number of allylic oxidation sites excluding steroid dienone is 4. The van der Waals surface area contributed by atoms with Crippen molar-refractivity contribution in [3.8, 4) is 0 Å². The van der Waals surface area contributed by atoms with E-state index in [1.807, 2.05) is 0 Å². The Kier molecular flexibility index (Phi) is 35.6. The molecule has 0 aliphatic heterocycles. The van der Waals surface area contributed by atoms with Gasteiger partial charge in [0.2, 0.25) is 0 Å². The molecule has 0 rings (SSSR count). The third kappa shape index (κ3) is 29.2. The van der Waals surface area contributed by atoms with E-state index in [0.717, 1.165) is 38.5 Å². The summed E-state index contributed by atoms with van der Waals surface area (Å²) in [7, 11) is 0. The maximum Gasteiger partial charge on any atom is 0.106 e. The Balaban J connectivity index is 4.05. The van der Waals surface area contributed by atoms with Crippen LogP contribution in [0.1, 0.15) is 206 Å². The maximum atomic E-state index is 10.8. The normalized spacial score (nSPS) is 13.1. The van der Waals surface area contributed by atoms with Gasteiger partial charge in [0.05, 0.1) is 25.4 Å². The molecular formula is C41H80O4. The van der Waals surface area contributed by atoms with Crippen LogP contribution in [0, 0.1) is 0 Å². The molecule has 0 aliphatic carbocycles. The van der Waals surface area contributed by atoms with Crippen LogP contribution in [0.2, 0.25) is 0 Å². The molecule has 1 unspecified atom stereocenters. The molecule has 0 aromatic rings. The van der Waals surface area contributed by atoms with Gasteiger partial charge in [-0.1, -0.05) is 167 Å². The number of ether oxygens (including phenoxy) is 1. The molecule has 0 amide bonds. The van der Waals surface area contributed by atoms with E-state index in [0.29, 0.717) is 0 Å². The van der Waals surface area contributed by atoms with Crippen molar-refractivity contribution in [3.63, 3.8) is 0 Å². The van der Waals surface area contributed by atoms with Crippen LogP contribution < -0.4 is 0 Å². The van der Waals surface area contributed by atoms with Gasteiger partial charge in [0.15, 0.2) is 0 Å². The zero-order chi connectivity index (χ0) is 32.9. The van der Waals surface area contributed by atoms with Crippen LogP contribution in [0.4, 0.5) is 0 Å². The molecule has 0 fully saturated rings.